The number of piperidine rings is 1. The molecule has 1 saturated heterocycles. The van der Waals surface area contributed by atoms with Gasteiger partial charge in [0.25, 0.3) is 0 Å². The first-order chi connectivity index (χ1) is 6.58. The van der Waals surface area contributed by atoms with Gasteiger partial charge in [-0.15, -0.1) is 0 Å². The standard InChI is InChI=1S/C12H26N2/c1-12(2,3)14-8-4-5-11-6-9-13-10-7-11/h11,13-14H,4-10H2,1-3H3. The van der Waals surface area contributed by atoms with Gasteiger partial charge in [0.2, 0.25) is 0 Å². The fraction of sp³-hybridized carbons (Fsp3) is 1.00. The second-order valence-corrected chi connectivity index (χ2v) is 5.51. The molecule has 1 fully saturated rings. The van der Waals surface area contributed by atoms with Crippen molar-refractivity contribution >= 4 is 0 Å². The lowest BCUT2D eigenvalue weighted by atomic mass is 9.93. The van der Waals surface area contributed by atoms with Crippen LogP contribution in [0.2, 0.25) is 0 Å². The number of hydrogen-bond acceptors (Lipinski definition) is 2. The third kappa shape index (κ3) is 5.61. The van der Waals surface area contributed by atoms with E-state index < -0.39 is 0 Å². The van der Waals surface area contributed by atoms with Crippen LogP contribution in [0.15, 0.2) is 0 Å². The van der Waals surface area contributed by atoms with E-state index in [4.69, 9.17) is 0 Å². The minimum absolute atomic E-state index is 0.286. The molecule has 1 rings (SSSR count). The zero-order valence-electron chi connectivity index (χ0n) is 10.0. The summed E-state index contributed by atoms with van der Waals surface area (Å²) in [6.07, 6.45) is 5.51. The maximum Gasteiger partial charge on any atom is 0.00965 e. The number of rotatable bonds is 4. The number of hydrogen-bond donors (Lipinski definition) is 2. The highest BCUT2D eigenvalue weighted by Gasteiger charge is 2.13. The van der Waals surface area contributed by atoms with Gasteiger partial charge in [0.05, 0.1) is 0 Å². The molecule has 84 valence electrons. The van der Waals surface area contributed by atoms with Crippen LogP contribution in [0, 0.1) is 5.92 Å². The Morgan fingerprint density at radius 3 is 2.43 bits per heavy atom. The Hall–Kier alpha value is -0.0800. The lowest BCUT2D eigenvalue weighted by molar-refractivity contribution is 0.334. The number of nitrogens with one attached hydrogen (secondary N) is 2. The summed E-state index contributed by atoms with van der Waals surface area (Å²) in [6, 6.07) is 0. The maximum absolute atomic E-state index is 3.55. The van der Waals surface area contributed by atoms with Crippen LogP contribution in [-0.2, 0) is 0 Å². The molecular formula is C12H26N2. The Kier molecular flexibility index (Phi) is 4.90. The molecule has 14 heavy (non-hydrogen) atoms. The SMILES string of the molecule is CC(C)(C)NCCCC1CCNCC1. The summed E-state index contributed by atoms with van der Waals surface area (Å²) in [5, 5.41) is 6.96. The van der Waals surface area contributed by atoms with Crippen LogP contribution in [0.5, 0.6) is 0 Å². The first-order valence-corrected chi connectivity index (χ1v) is 6.04. The Morgan fingerprint density at radius 2 is 1.86 bits per heavy atom. The highest BCUT2D eigenvalue weighted by molar-refractivity contribution is 4.72. The average Bonchev–Trinajstić information content (AvgIpc) is 2.13. The molecule has 2 heteroatoms. The van der Waals surface area contributed by atoms with Crippen molar-refractivity contribution in [1.29, 1.82) is 0 Å². The van der Waals surface area contributed by atoms with Crippen LogP contribution in [-0.4, -0.2) is 25.2 Å². The minimum atomic E-state index is 0.286. The largest absolute Gasteiger partial charge is 0.317 e. The Labute approximate surface area is 88.8 Å². The van der Waals surface area contributed by atoms with Crippen molar-refractivity contribution in [2.24, 2.45) is 5.92 Å². The van der Waals surface area contributed by atoms with Crippen LogP contribution in [0.25, 0.3) is 0 Å². The molecule has 0 aromatic rings. The fourth-order valence-corrected chi connectivity index (χ4v) is 2.02. The summed E-state index contributed by atoms with van der Waals surface area (Å²) in [7, 11) is 0. The molecule has 0 aliphatic carbocycles. The highest BCUT2D eigenvalue weighted by Crippen LogP contribution is 2.17. The molecule has 0 atom stereocenters. The van der Waals surface area contributed by atoms with Gasteiger partial charge < -0.3 is 10.6 Å². The van der Waals surface area contributed by atoms with Gasteiger partial charge in [0.15, 0.2) is 0 Å². The molecule has 0 radical (unpaired) electrons. The zero-order chi connectivity index (χ0) is 10.4. The second kappa shape index (κ2) is 5.72. The molecule has 1 heterocycles. The quantitative estimate of drug-likeness (QED) is 0.676. The van der Waals surface area contributed by atoms with Gasteiger partial charge in [-0.2, -0.15) is 0 Å². The van der Waals surface area contributed by atoms with E-state index in [2.05, 4.69) is 31.4 Å². The van der Waals surface area contributed by atoms with Crippen molar-refractivity contribution in [3.63, 3.8) is 0 Å². The van der Waals surface area contributed by atoms with Crippen molar-refractivity contribution in [2.75, 3.05) is 19.6 Å². The van der Waals surface area contributed by atoms with Gasteiger partial charge in [-0.3, -0.25) is 0 Å². The van der Waals surface area contributed by atoms with Crippen LogP contribution in [0.1, 0.15) is 46.5 Å². The van der Waals surface area contributed by atoms with E-state index in [9.17, 15) is 0 Å². The Balaban J connectivity index is 1.97. The van der Waals surface area contributed by atoms with Gasteiger partial charge >= 0.3 is 0 Å². The normalized spacial score (nSPS) is 19.9. The van der Waals surface area contributed by atoms with E-state index in [0.29, 0.717) is 0 Å². The minimum Gasteiger partial charge on any atom is -0.317 e. The Morgan fingerprint density at radius 1 is 1.21 bits per heavy atom. The summed E-state index contributed by atoms with van der Waals surface area (Å²) in [6.45, 7) is 10.3. The predicted molar refractivity (Wildman–Crippen MR) is 62.6 cm³/mol. The van der Waals surface area contributed by atoms with Gasteiger partial charge in [0.1, 0.15) is 0 Å². The summed E-state index contributed by atoms with van der Waals surface area (Å²) in [5.41, 5.74) is 0.286. The molecule has 0 aromatic carbocycles. The molecule has 1 aliphatic rings. The monoisotopic (exact) mass is 198 g/mol. The highest BCUT2D eigenvalue weighted by atomic mass is 14.9. The van der Waals surface area contributed by atoms with E-state index in [1.54, 1.807) is 0 Å². The smallest absolute Gasteiger partial charge is 0.00965 e. The van der Waals surface area contributed by atoms with E-state index in [1.165, 1.54) is 45.3 Å². The molecular weight excluding hydrogens is 172 g/mol. The molecule has 0 amide bonds. The van der Waals surface area contributed by atoms with Crippen molar-refractivity contribution in [3.8, 4) is 0 Å². The van der Waals surface area contributed by atoms with Crippen molar-refractivity contribution in [1.82, 2.24) is 10.6 Å². The second-order valence-electron chi connectivity index (χ2n) is 5.51. The van der Waals surface area contributed by atoms with Crippen LogP contribution < -0.4 is 10.6 Å². The molecule has 1 aliphatic heterocycles. The topological polar surface area (TPSA) is 24.1 Å². The predicted octanol–water partition coefficient (Wildman–Crippen LogP) is 2.15. The molecule has 2 N–H and O–H groups in total. The molecule has 0 spiro atoms. The van der Waals surface area contributed by atoms with E-state index in [-0.39, 0.29) is 5.54 Å². The van der Waals surface area contributed by atoms with Gasteiger partial charge in [-0.05, 0) is 72.0 Å². The van der Waals surface area contributed by atoms with Crippen LogP contribution >= 0.6 is 0 Å². The Bertz CT molecular complexity index is 143. The van der Waals surface area contributed by atoms with E-state index in [0.717, 1.165) is 5.92 Å². The first-order valence-electron chi connectivity index (χ1n) is 6.04. The van der Waals surface area contributed by atoms with E-state index >= 15 is 0 Å². The molecule has 0 aromatic heterocycles. The lowest BCUT2D eigenvalue weighted by Gasteiger charge is -2.24. The van der Waals surface area contributed by atoms with Crippen molar-refractivity contribution in [3.05, 3.63) is 0 Å². The average molecular weight is 198 g/mol. The third-order valence-electron chi connectivity index (χ3n) is 2.90. The van der Waals surface area contributed by atoms with Crippen molar-refractivity contribution < 1.29 is 0 Å². The third-order valence-corrected chi connectivity index (χ3v) is 2.90. The molecule has 2 nitrogen and oxygen atoms in total. The lowest BCUT2D eigenvalue weighted by Crippen LogP contribution is -2.36. The summed E-state index contributed by atoms with van der Waals surface area (Å²) < 4.78 is 0. The van der Waals surface area contributed by atoms with Crippen LogP contribution in [0.3, 0.4) is 0 Å². The molecule has 0 saturated carbocycles. The fourth-order valence-electron chi connectivity index (χ4n) is 2.02. The van der Waals surface area contributed by atoms with Crippen molar-refractivity contribution in [2.45, 2.75) is 52.0 Å². The van der Waals surface area contributed by atoms with Gasteiger partial charge in [0, 0.05) is 5.54 Å². The molecule has 0 bridgehead atoms. The zero-order valence-corrected chi connectivity index (χ0v) is 10.0. The first kappa shape index (κ1) is 12.0. The summed E-state index contributed by atoms with van der Waals surface area (Å²) in [4.78, 5) is 0. The van der Waals surface area contributed by atoms with Gasteiger partial charge in [-0.25, -0.2) is 0 Å². The van der Waals surface area contributed by atoms with Crippen LogP contribution in [0.4, 0.5) is 0 Å². The van der Waals surface area contributed by atoms with E-state index in [1.807, 2.05) is 0 Å². The maximum atomic E-state index is 3.55. The summed E-state index contributed by atoms with van der Waals surface area (Å²) >= 11 is 0. The summed E-state index contributed by atoms with van der Waals surface area (Å²) in [5.74, 6) is 0.984. The van der Waals surface area contributed by atoms with Gasteiger partial charge in [-0.1, -0.05) is 0 Å². The molecule has 0 unspecified atom stereocenters.